The van der Waals surface area contributed by atoms with E-state index in [9.17, 15) is 0 Å². The summed E-state index contributed by atoms with van der Waals surface area (Å²) in [6, 6.07) is 8.07. The Bertz CT molecular complexity index is 858. The second-order valence-electron chi connectivity index (χ2n) is 6.65. The van der Waals surface area contributed by atoms with Crippen molar-refractivity contribution >= 4 is 0 Å². The van der Waals surface area contributed by atoms with Crippen molar-refractivity contribution in [2.24, 2.45) is 0 Å². The molecule has 0 N–H and O–H groups in total. The summed E-state index contributed by atoms with van der Waals surface area (Å²) < 4.78 is 13.3. The van der Waals surface area contributed by atoms with Crippen LogP contribution in [0.15, 0.2) is 41.2 Å². The van der Waals surface area contributed by atoms with Crippen LogP contribution in [-0.2, 0) is 31.0 Å². The zero-order valence-corrected chi connectivity index (χ0v) is 15.1. The molecule has 4 heterocycles. The first-order chi connectivity index (χ1) is 12.7. The van der Waals surface area contributed by atoms with E-state index in [0.29, 0.717) is 13.2 Å². The van der Waals surface area contributed by atoms with Crippen LogP contribution in [0, 0.1) is 6.92 Å². The fraction of sp³-hybridized carbons (Fsp3) is 0.421. The van der Waals surface area contributed by atoms with Crippen molar-refractivity contribution in [3.05, 3.63) is 65.3 Å². The molecule has 0 spiro atoms. The minimum atomic E-state index is 0.227. The second kappa shape index (κ2) is 7.39. The lowest BCUT2D eigenvalue weighted by Crippen LogP contribution is -2.37. The molecule has 26 heavy (non-hydrogen) atoms. The van der Waals surface area contributed by atoms with Crippen molar-refractivity contribution < 1.29 is 9.26 Å². The van der Waals surface area contributed by atoms with Crippen molar-refractivity contribution in [1.82, 2.24) is 24.6 Å². The van der Waals surface area contributed by atoms with Crippen molar-refractivity contribution in [3.63, 3.8) is 0 Å². The molecule has 0 aliphatic carbocycles. The van der Waals surface area contributed by atoms with Gasteiger partial charge in [0, 0.05) is 31.9 Å². The molecule has 3 aromatic rings. The molecule has 0 saturated heterocycles. The highest BCUT2D eigenvalue weighted by atomic mass is 16.5. The summed E-state index contributed by atoms with van der Waals surface area (Å²) in [5.74, 6) is 1.92. The molecule has 7 nitrogen and oxygen atoms in total. The maximum Gasteiger partial charge on any atom is 0.133 e. The first-order valence-corrected chi connectivity index (χ1v) is 8.89. The lowest BCUT2D eigenvalue weighted by molar-refractivity contribution is 0.0946. The summed E-state index contributed by atoms with van der Waals surface area (Å²) >= 11 is 0. The summed E-state index contributed by atoms with van der Waals surface area (Å²) in [6.07, 6.45) is 3.71. The van der Waals surface area contributed by atoms with Gasteiger partial charge in [-0.3, -0.25) is 9.88 Å². The minimum absolute atomic E-state index is 0.227. The smallest absolute Gasteiger partial charge is 0.133 e. The molecule has 4 rings (SSSR count). The summed E-state index contributed by atoms with van der Waals surface area (Å²) in [7, 11) is 0. The molecular weight excluding hydrogens is 330 g/mol. The lowest BCUT2D eigenvalue weighted by Gasteiger charge is -2.33. The Morgan fingerprint density at radius 3 is 2.88 bits per heavy atom. The Balaban J connectivity index is 1.39. The molecule has 0 aromatic carbocycles. The topological polar surface area (TPSA) is 69.2 Å². The van der Waals surface area contributed by atoms with Gasteiger partial charge in [-0.2, -0.15) is 0 Å². The second-order valence-corrected chi connectivity index (χ2v) is 6.65. The molecule has 136 valence electrons. The number of rotatable bonds is 6. The highest BCUT2D eigenvalue weighted by Gasteiger charge is 2.27. The number of hydrogen-bond acceptors (Lipinski definition) is 6. The summed E-state index contributed by atoms with van der Waals surface area (Å²) in [5, 5.41) is 4.11. The van der Waals surface area contributed by atoms with Crippen molar-refractivity contribution in [1.29, 1.82) is 0 Å². The predicted octanol–water partition coefficient (Wildman–Crippen LogP) is 2.87. The third-order valence-electron chi connectivity index (χ3n) is 4.77. The predicted molar refractivity (Wildman–Crippen MR) is 95.0 cm³/mol. The van der Waals surface area contributed by atoms with E-state index in [1.807, 2.05) is 37.4 Å². The fourth-order valence-electron chi connectivity index (χ4n) is 3.38. The monoisotopic (exact) mass is 353 g/mol. The Morgan fingerprint density at radius 2 is 2.12 bits per heavy atom. The molecule has 1 unspecified atom stereocenters. The van der Waals surface area contributed by atoms with Gasteiger partial charge in [-0.1, -0.05) is 11.2 Å². The van der Waals surface area contributed by atoms with Gasteiger partial charge in [0.05, 0.1) is 42.5 Å². The quantitative estimate of drug-likeness (QED) is 0.679. The average molecular weight is 353 g/mol. The van der Waals surface area contributed by atoms with Crippen molar-refractivity contribution in [2.75, 3.05) is 6.54 Å². The first-order valence-electron chi connectivity index (χ1n) is 8.89. The molecular formula is C19H23N5O2. The van der Waals surface area contributed by atoms with Crippen LogP contribution in [0.25, 0.3) is 0 Å². The van der Waals surface area contributed by atoms with Gasteiger partial charge in [-0.25, -0.2) is 4.98 Å². The normalized spacial score (nSPS) is 17.4. The van der Waals surface area contributed by atoms with E-state index in [1.165, 1.54) is 0 Å². The van der Waals surface area contributed by atoms with Gasteiger partial charge in [-0.05, 0) is 26.0 Å². The largest absolute Gasteiger partial charge is 0.369 e. The zero-order valence-electron chi connectivity index (χ0n) is 15.1. The standard InChI is InChI=1S/C19H23N5O2/c1-14-9-17(22-26-14)11-23-7-8-24-18(10-21-19(24)15(23)2)13-25-12-16-5-3-4-6-20-16/h3-6,9-10,15H,7-8,11-13H2,1-2H3. The summed E-state index contributed by atoms with van der Waals surface area (Å²) in [6.45, 7) is 7.77. The maximum atomic E-state index is 5.83. The zero-order chi connectivity index (χ0) is 17.9. The van der Waals surface area contributed by atoms with Crippen LogP contribution >= 0.6 is 0 Å². The molecule has 7 heteroatoms. The fourth-order valence-corrected chi connectivity index (χ4v) is 3.38. The highest BCUT2D eigenvalue weighted by Crippen LogP contribution is 2.27. The average Bonchev–Trinajstić information content (AvgIpc) is 3.25. The SMILES string of the molecule is Cc1cc(CN2CCn3c(COCc4ccccn4)cnc3C2C)no1. The van der Waals surface area contributed by atoms with Crippen LogP contribution in [0.1, 0.15) is 41.6 Å². The lowest BCUT2D eigenvalue weighted by atomic mass is 10.2. The Morgan fingerprint density at radius 1 is 1.19 bits per heavy atom. The van der Waals surface area contributed by atoms with E-state index in [-0.39, 0.29) is 6.04 Å². The van der Waals surface area contributed by atoms with Crippen LogP contribution < -0.4 is 0 Å². The molecule has 0 radical (unpaired) electrons. The number of nitrogens with zero attached hydrogens (tertiary/aromatic N) is 5. The molecule has 1 aliphatic heterocycles. The third kappa shape index (κ3) is 3.54. The number of aromatic nitrogens is 4. The van der Waals surface area contributed by atoms with E-state index in [2.05, 4.69) is 31.5 Å². The Labute approximate surface area is 152 Å². The molecule has 1 aliphatic rings. The minimum Gasteiger partial charge on any atom is -0.369 e. The van der Waals surface area contributed by atoms with Crippen LogP contribution in [-0.4, -0.2) is 31.1 Å². The van der Waals surface area contributed by atoms with Gasteiger partial charge in [0.15, 0.2) is 0 Å². The number of imidazole rings is 1. The molecule has 3 aromatic heterocycles. The van der Waals surface area contributed by atoms with Crippen LogP contribution in [0.3, 0.4) is 0 Å². The first kappa shape index (κ1) is 16.9. The number of ether oxygens (including phenoxy) is 1. The number of pyridine rings is 1. The van der Waals surface area contributed by atoms with Gasteiger partial charge in [0.25, 0.3) is 0 Å². The summed E-state index contributed by atoms with van der Waals surface area (Å²) in [5.41, 5.74) is 3.02. The van der Waals surface area contributed by atoms with E-state index < -0.39 is 0 Å². The van der Waals surface area contributed by atoms with Gasteiger partial charge in [0.1, 0.15) is 11.6 Å². The Hall–Kier alpha value is -2.51. The van der Waals surface area contributed by atoms with E-state index in [0.717, 1.165) is 48.3 Å². The number of fused-ring (bicyclic) bond motifs is 1. The van der Waals surface area contributed by atoms with E-state index in [1.54, 1.807) is 6.20 Å². The number of hydrogen-bond donors (Lipinski definition) is 0. The third-order valence-corrected chi connectivity index (χ3v) is 4.77. The van der Waals surface area contributed by atoms with E-state index >= 15 is 0 Å². The molecule has 0 saturated carbocycles. The Kier molecular flexibility index (Phi) is 4.81. The van der Waals surface area contributed by atoms with Crippen LogP contribution in [0.5, 0.6) is 0 Å². The number of aryl methyl sites for hydroxylation is 1. The maximum absolute atomic E-state index is 5.83. The van der Waals surface area contributed by atoms with Gasteiger partial charge < -0.3 is 13.8 Å². The van der Waals surface area contributed by atoms with E-state index in [4.69, 9.17) is 9.26 Å². The molecule has 0 fully saturated rings. The molecule has 1 atom stereocenters. The molecule has 0 bridgehead atoms. The van der Waals surface area contributed by atoms with Gasteiger partial charge in [0.2, 0.25) is 0 Å². The summed E-state index contributed by atoms with van der Waals surface area (Å²) in [4.78, 5) is 11.3. The van der Waals surface area contributed by atoms with Gasteiger partial charge >= 0.3 is 0 Å². The molecule has 0 amide bonds. The van der Waals surface area contributed by atoms with Crippen LogP contribution in [0.4, 0.5) is 0 Å². The van der Waals surface area contributed by atoms with Gasteiger partial charge in [-0.15, -0.1) is 0 Å². The van der Waals surface area contributed by atoms with Crippen molar-refractivity contribution in [3.8, 4) is 0 Å². The van der Waals surface area contributed by atoms with Crippen molar-refractivity contribution in [2.45, 2.75) is 46.2 Å². The van der Waals surface area contributed by atoms with Crippen LogP contribution in [0.2, 0.25) is 0 Å². The highest BCUT2D eigenvalue weighted by molar-refractivity contribution is 5.12.